The number of thiazole rings is 1. The summed E-state index contributed by atoms with van der Waals surface area (Å²) < 4.78 is 1.85. The van der Waals surface area contributed by atoms with Crippen molar-refractivity contribution in [2.75, 3.05) is 5.32 Å². The van der Waals surface area contributed by atoms with E-state index in [1.807, 2.05) is 56.0 Å². The minimum atomic E-state index is -0.0427. The van der Waals surface area contributed by atoms with Crippen molar-refractivity contribution < 1.29 is 4.79 Å². The lowest BCUT2D eigenvalue weighted by molar-refractivity contribution is -0.115. The minimum Gasteiger partial charge on any atom is -0.326 e. The van der Waals surface area contributed by atoms with Crippen LogP contribution in [0.15, 0.2) is 47.8 Å². The molecule has 0 saturated heterocycles. The molecule has 0 atom stereocenters. The number of anilines is 1. The van der Waals surface area contributed by atoms with E-state index in [0.717, 1.165) is 50.2 Å². The number of carbonyl (C=O) groups excluding carboxylic acids is 1. The van der Waals surface area contributed by atoms with Gasteiger partial charge in [0.2, 0.25) is 11.0 Å². The highest BCUT2D eigenvalue weighted by molar-refractivity contribution is 7.12. The maximum atomic E-state index is 12.8. The van der Waals surface area contributed by atoms with Crippen LogP contribution in [0.1, 0.15) is 33.6 Å². The van der Waals surface area contributed by atoms with Gasteiger partial charge >= 0.3 is 0 Å². The second kappa shape index (κ2) is 8.47. The van der Waals surface area contributed by atoms with Crippen LogP contribution in [0.4, 0.5) is 5.69 Å². The molecule has 6 heteroatoms. The van der Waals surface area contributed by atoms with Gasteiger partial charge in [-0.3, -0.25) is 4.79 Å². The average molecular weight is 431 g/mol. The van der Waals surface area contributed by atoms with Crippen LogP contribution in [0.5, 0.6) is 0 Å². The summed E-state index contributed by atoms with van der Waals surface area (Å²) in [6.45, 7) is 10.1. The lowest BCUT2D eigenvalue weighted by Gasteiger charge is -2.10. The molecule has 1 N–H and O–H groups in total. The topological polar surface area (TPSA) is 59.8 Å². The Morgan fingerprint density at radius 3 is 2.52 bits per heavy atom. The van der Waals surface area contributed by atoms with E-state index < -0.39 is 0 Å². The maximum absolute atomic E-state index is 12.8. The highest BCUT2D eigenvalue weighted by Crippen LogP contribution is 2.27. The first-order chi connectivity index (χ1) is 14.8. The highest BCUT2D eigenvalue weighted by Gasteiger charge is 2.18. The van der Waals surface area contributed by atoms with Gasteiger partial charge in [0, 0.05) is 27.9 Å². The van der Waals surface area contributed by atoms with Gasteiger partial charge in [0.1, 0.15) is 0 Å². The predicted octanol–water partition coefficient (Wildman–Crippen LogP) is 5.72. The smallest absolute Gasteiger partial charge is 0.228 e. The van der Waals surface area contributed by atoms with Crippen molar-refractivity contribution in [3.8, 4) is 16.4 Å². The average Bonchev–Trinajstić information content (AvgIpc) is 3.32. The number of aryl methyl sites for hydroxylation is 3. The standard InChI is InChI=1S/C25H26N4OS/c1-15-9-11-20(12-10-15)23-14-31-25(27-23)29-19(5)21(18(4)28-29)13-24(30)26-22-8-6-7-16(2)17(22)3/h6-12,14H,13H2,1-5H3,(H,26,30). The molecule has 0 spiro atoms. The Labute approximate surface area is 186 Å². The molecule has 1 amide bonds. The van der Waals surface area contributed by atoms with Gasteiger partial charge in [-0.05, 0) is 51.8 Å². The lowest BCUT2D eigenvalue weighted by atomic mass is 10.1. The zero-order valence-electron chi connectivity index (χ0n) is 18.5. The Morgan fingerprint density at radius 2 is 1.77 bits per heavy atom. The lowest BCUT2D eigenvalue weighted by Crippen LogP contribution is -2.16. The molecular weight excluding hydrogens is 404 g/mol. The summed E-state index contributed by atoms with van der Waals surface area (Å²) in [6.07, 6.45) is 0.279. The SMILES string of the molecule is Cc1ccc(-c2csc(-n3nc(C)c(CC(=O)Nc4cccc(C)c4C)c3C)n2)cc1. The van der Waals surface area contributed by atoms with Gasteiger partial charge < -0.3 is 5.32 Å². The highest BCUT2D eigenvalue weighted by atomic mass is 32.1. The fourth-order valence-corrected chi connectivity index (χ4v) is 4.41. The molecular formula is C25H26N4OS. The summed E-state index contributed by atoms with van der Waals surface area (Å²) in [7, 11) is 0. The predicted molar refractivity (Wildman–Crippen MR) is 127 cm³/mol. The van der Waals surface area contributed by atoms with Crippen LogP contribution in [0, 0.1) is 34.6 Å². The third kappa shape index (κ3) is 4.30. The van der Waals surface area contributed by atoms with Crippen molar-refractivity contribution in [2.24, 2.45) is 0 Å². The number of amides is 1. The van der Waals surface area contributed by atoms with Crippen molar-refractivity contribution in [3.63, 3.8) is 0 Å². The molecule has 0 unspecified atom stereocenters. The summed E-state index contributed by atoms with van der Waals surface area (Å²) in [6, 6.07) is 14.3. The molecule has 0 aliphatic carbocycles. The van der Waals surface area contributed by atoms with Crippen LogP contribution >= 0.6 is 11.3 Å². The molecule has 2 aromatic heterocycles. The maximum Gasteiger partial charge on any atom is 0.228 e. The normalized spacial score (nSPS) is 11.0. The van der Waals surface area contributed by atoms with Crippen LogP contribution in [0.3, 0.4) is 0 Å². The molecule has 0 radical (unpaired) electrons. The summed E-state index contributed by atoms with van der Waals surface area (Å²) in [4.78, 5) is 17.5. The van der Waals surface area contributed by atoms with Crippen LogP contribution in [-0.2, 0) is 11.2 Å². The number of hydrogen-bond acceptors (Lipinski definition) is 4. The number of nitrogens with one attached hydrogen (secondary N) is 1. The molecule has 31 heavy (non-hydrogen) atoms. The van der Waals surface area contributed by atoms with Crippen LogP contribution in [0.25, 0.3) is 16.4 Å². The summed E-state index contributed by atoms with van der Waals surface area (Å²) in [5.41, 5.74) is 9.08. The number of nitrogens with zero attached hydrogens (tertiary/aromatic N) is 3. The van der Waals surface area contributed by atoms with E-state index >= 15 is 0 Å². The Hall–Kier alpha value is -3.25. The van der Waals surface area contributed by atoms with E-state index in [9.17, 15) is 4.79 Å². The van der Waals surface area contributed by atoms with Gasteiger partial charge in [0.05, 0.1) is 17.8 Å². The molecule has 0 aliphatic heterocycles. The quantitative estimate of drug-likeness (QED) is 0.440. The molecule has 4 rings (SSSR count). The first-order valence-corrected chi connectivity index (χ1v) is 11.2. The molecule has 0 bridgehead atoms. The molecule has 4 aromatic rings. The van der Waals surface area contributed by atoms with E-state index in [2.05, 4.69) is 41.6 Å². The number of hydrogen-bond donors (Lipinski definition) is 1. The third-order valence-corrected chi connectivity index (χ3v) is 6.49. The summed E-state index contributed by atoms with van der Waals surface area (Å²) >= 11 is 1.55. The van der Waals surface area contributed by atoms with Crippen molar-refractivity contribution in [2.45, 2.75) is 41.0 Å². The molecule has 158 valence electrons. The second-order valence-electron chi connectivity index (χ2n) is 7.91. The Kier molecular flexibility index (Phi) is 5.74. The van der Waals surface area contributed by atoms with Gasteiger partial charge in [-0.25, -0.2) is 9.67 Å². The fourth-order valence-electron chi connectivity index (χ4n) is 3.58. The number of carbonyl (C=O) groups is 1. The zero-order valence-corrected chi connectivity index (χ0v) is 19.3. The Bertz CT molecular complexity index is 1250. The molecule has 0 aliphatic rings. The monoisotopic (exact) mass is 430 g/mol. The first kappa shape index (κ1) is 21.0. The third-order valence-electron chi connectivity index (χ3n) is 5.68. The van der Waals surface area contributed by atoms with E-state index in [4.69, 9.17) is 4.98 Å². The van der Waals surface area contributed by atoms with Gasteiger partial charge in [0.15, 0.2) is 0 Å². The van der Waals surface area contributed by atoms with Crippen LogP contribution in [0.2, 0.25) is 0 Å². The fraction of sp³-hybridized carbons (Fsp3) is 0.240. The van der Waals surface area contributed by atoms with E-state index in [1.54, 1.807) is 11.3 Å². The van der Waals surface area contributed by atoms with E-state index in [-0.39, 0.29) is 12.3 Å². The first-order valence-electron chi connectivity index (χ1n) is 10.3. The number of aromatic nitrogens is 3. The molecule has 0 fully saturated rings. The van der Waals surface area contributed by atoms with E-state index in [1.165, 1.54) is 5.56 Å². The van der Waals surface area contributed by atoms with Gasteiger partial charge in [-0.2, -0.15) is 5.10 Å². The number of benzene rings is 2. The Morgan fingerprint density at radius 1 is 1.03 bits per heavy atom. The molecule has 2 heterocycles. The van der Waals surface area contributed by atoms with Gasteiger partial charge in [0.25, 0.3) is 0 Å². The van der Waals surface area contributed by atoms with Crippen molar-refractivity contribution >= 4 is 22.9 Å². The molecule has 0 saturated carbocycles. The van der Waals surface area contributed by atoms with Crippen molar-refractivity contribution in [1.82, 2.24) is 14.8 Å². The zero-order chi connectivity index (χ0) is 22.1. The largest absolute Gasteiger partial charge is 0.326 e. The number of rotatable bonds is 5. The van der Waals surface area contributed by atoms with E-state index in [0.29, 0.717) is 0 Å². The van der Waals surface area contributed by atoms with Crippen molar-refractivity contribution in [3.05, 3.63) is 81.5 Å². The Balaban J connectivity index is 1.56. The van der Waals surface area contributed by atoms with Crippen molar-refractivity contribution in [1.29, 1.82) is 0 Å². The van der Waals surface area contributed by atoms with Crippen LogP contribution < -0.4 is 5.32 Å². The molecule has 5 nitrogen and oxygen atoms in total. The molecule has 2 aromatic carbocycles. The van der Waals surface area contributed by atoms with Gasteiger partial charge in [-0.1, -0.05) is 42.0 Å². The van der Waals surface area contributed by atoms with Gasteiger partial charge in [-0.15, -0.1) is 11.3 Å². The second-order valence-corrected chi connectivity index (χ2v) is 8.75. The van der Waals surface area contributed by atoms with Crippen LogP contribution in [-0.4, -0.2) is 20.7 Å². The summed E-state index contributed by atoms with van der Waals surface area (Å²) in [5, 5.41) is 10.6. The summed E-state index contributed by atoms with van der Waals surface area (Å²) in [5.74, 6) is -0.0427. The minimum absolute atomic E-state index is 0.0427.